The molecule has 0 N–H and O–H groups in total. The van der Waals surface area contributed by atoms with Gasteiger partial charge in [-0.25, -0.2) is 4.39 Å². The van der Waals surface area contributed by atoms with E-state index in [0.29, 0.717) is 17.8 Å². The molecule has 1 aromatic carbocycles. The van der Waals surface area contributed by atoms with Crippen molar-refractivity contribution in [1.29, 1.82) is 5.26 Å². The van der Waals surface area contributed by atoms with Crippen molar-refractivity contribution in [2.24, 2.45) is 0 Å². The molecule has 0 aliphatic carbocycles. The Labute approximate surface area is 98.7 Å². The number of ether oxygens (including phenoxy) is 1. The molecule has 0 saturated carbocycles. The summed E-state index contributed by atoms with van der Waals surface area (Å²) in [7, 11) is 1.43. The first kappa shape index (κ1) is 11.2. The van der Waals surface area contributed by atoms with Gasteiger partial charge in [0.2, 0.25) is 0 Å². The van der Waals surface area contributed by atoms with E-state index in [9.17, 15) is 4.39 Å². The second kappa shape index (κ2) is 4.71. The lowest BCUT2D eigenvalue weighted by molar-refractivity contribution is 0.383. The van der Waals surface area contributed by atoms with Gasteiger partial charge in [0.25, 0.3) is 0 Å². The van der Waals surface area contributed by atoms with Gasteiger partial charge in [-0.05, 0) is 18.2 Å². The van der Waals surface area contributed by atoms with Crippen LogP contribution >= 0.6 is 0 Å². The Kier molecular flexibility index (Phi) is 3.10. The third kappa shape index (κ3) is 2.13. The molecule has 2 aromatic rings. The Morgan fingerprint density at radius 3 is 2.88 bits per heavy atom. The van der Waals surface area contributed by atoms with Crippen LogP contribution in [0, 0.1) is 17.1 Å². The summed E-state index contributed by atoms with van der Waals surface area (Å²) in [6.45, 7) is 0.318. The molecule has 0 spiro atoms. The smallest absolute Gasteiger partial charge is 0.170 e. The highest BCUT2D eigenvalue weighted by molar-refractivity contribution is 5.32. The third-order valence-corrected chi connectivity index (χ3v) is 2.55. The van der Waals surface area contributed by atoms with Crippen LogP contribution in [0.4, 0.5) is 4.39 Å². The Balaban J connectivity index is 2.34. The second-order valence-corrected chi connectivity index (χ2v) is 3.57. The van der Waals surface area contributed by atoms with Gasteiger partial charge < -0.3 is 9.30 Å². The van der Waals surface area contributed by atoms with Gasteiger partial charge >= 0.3 is 0 Å². The molecule has 86 valence electrons. The van der Waals surface area contributed by atoms with Crippen LogP contribution in [0.5, 0.6) is 5.75 Å². The summed E-state index contributed by atoms with van der Waals surface area (Å²) in [6, 6.07) is 10.5. The van der Waals surface area contributed by atoms with Crippen LogP contribution in [0.1, 0.15) is 11.3 Å². The lowest BCUT2D eigenvalue weighted by atomic mass is 10.2. The number of hydrogen-bond acceptors (Lipinski definition) is 2. The molecule has 0 unspecified atom stereocenters. The van der Waals surface area contributed by atoms with E-state index < -0.39 is 0 Å². The summed E-state index contributed by atoms with van der Waals surface area (Å²) < 4.78 is 20.5. The monoisotopic (exact) mass is 230 g/mol. The number of rotatable bonds is 3. The van der Waals surface area contributed by atoms with Gasteiger partial charge in [0.05, 0.1) is 13.7 Å². The van der Waals surface area contributed by atoms with Crippen LogP contribution in [0.2, 0.25) is 0 Å². The quantitative estimate of drug-likeness (QED) is 0.812. The van der Waals surface area contributed by atoms with Crippen molar-refractivity contribution in [3.05, 3.63) is 53.6 Å². The molecule has 4 heteroatoms. The van der Waals surface area contributed by atoms with E-state index in [1.54, 1.807) is 41.1 Å². The summed E-state index contributed by atoms with van der Waals surface area (Å²) in [6.07, 6.45) is 1.75. The van der Waals surface area contributed by atoms with Crippen molar-refractivity contribution in [2.45, 2.75) is 6.54 Å². The van der Waals surface area contributed by atoms with Gasteiger partial charge in [-0.2, -0.15) is 5.26 Å². The zero-order valence-electron chi connectivity index (χ0n) is 9.35. The highest BCUT2D eigenvalue weighted by Crippen LogP contribution is 2.21. The van der Waals surface area contributed by atoms with Crippen molar-refractivity contribution >= 4 is 0 Å². The molecule has 0 bridgehead atoms. The van der Waals surface area contributed by atoms with E-state index in [4.69, 9.17) is 10.00 Å². The maximum Gasteiger partial charge on any atom is 0.170 e. The van der Waals surface area contributed by atoms with Crippen LogP contribution in [0.15, 0.2) is 36.5 Å². The van der Waals surface area contributed by atoms with Crippen LogP contribution in [0.3, 0.4) is 0 Å². The van der Waals surface area contributed by atoms with Gasteiger partial charge in [-0.1, -0.05) is 12.1 Å². The minimum atomic E-state index is -0.382. The van der Waals surface area contributed by atoms with E-state index in [0.717, 1.165) is 0 Å². The number of aromatic nitrogens is 1. The summed E-state index contributed by atoms with van der Waals surface area (Å²) in [5.74, 6) is -0.166. The van der Waals surface area contributed by atoms with Crippen LogP contribution < -0.4 is 4.74 Å². The average Bonchev–Trinajstić information content (AvgIpc) is 2.79. The van der Waals surface area contributed by atoms with Crippen LogP contribution in [-0.2, 0) is 6.54 Å². The largest absolute Gasteiger partial charge is 0.494 e. The zero-order valence-corrected chi connectivity index (χ0v) is 9.35. The normalized spacial score (nSPS) is 9.94. The molecule has 0 aliphatic heterocycles. The number of halogens is 1. The molecule has 1 aromatic heterocycles. The van der Waals surface area contributed by atoms with Crippen LogP contribution in [0.25, 0.3) is 0 Å². The predicted molar refractivity (Wildman–Crippen MR) is 61.2 cm³/mol. The molecule has 0 saturated heterocycles. The first-order valence-electron chi connectivity index (χ1n) is 5.13. The van der Waals surface area contributed by atoms with Gasteiger partial charge in [0, 0.05) is 11.8 Å². The summed E-state index contributed by atoms with van der Waals surface area (Å²) in [5, 5.41) is 8.87. The van der Waals surface area contributed by atoms with Crippen LogP contribution in [-0.4, -0.2) is 11.7 Å². The molecule has 17 heavy (non-hydrogen) atoms. The molecule has 0 radical (unpaired) electrons. The summed E-state index contributed by atoms with van der Waals surface area (Å²) >= 11 is 0. The minimum Gasteiger partial charge on any atom is -0.494 e. The third-order valence-electron chi connectivity index (χ3n) is 2.55. The molecule has 0 atom stereocenters. The maximum atomic E-state index is 13.9. The second-order valence-electron chi connectivity index (χ2n) is 3.57. The fourth-order valence-corrected chi connectivity index (χ4v) is 1.67. The van der Waals surface area contributed by atoms with Crippen molar-refractivity contribution < 1.29 is 9.13 Å². The first-order chi connectivity index (χ1) is 8.26. The summed E-state index contributed by atoms with van der Waals surface area (Å²) in [5.41, 5.74) is 1.00. The molecule has 0 fully saturated rings. The fraction of sp³-hybridized carbons (Fsp3) is 0.154. The number of nitriles is 1. The Hall–Kier alpha value is -2.28. The van der Waals surface area contributed by atoms with E-state index in [1.807, 2.05) is 0 Å². The molecule has 1 heterocycles. The molecule has 2 rings (SSSR count). The molecular weight excluding hydrogens is 219 g/mol. The van der Waals surface area contributed by atoms with E-state index in [1.165, 1.54) is 7.11 Å². The standard InChI is InChI=1S/C13H11FN2O/c1-17-12-6-2-4-10(13(12)14)9-16-7-3-5-11(16)8-15/h2-7H,9H2,1H3. The number of benzene rings is 1. The SMILES string of the molecule is COc1cccc(Cn2cccc2C#N)c1F. The topological polar surface area (TPSA) is 38.0 Å². The number of methoxy groups -OCH3 is 1. The maximum absolute atomic E-state index is 13.9. The number of nitrogens with zero attached hydrogens (tertiary/aromatic N) is 2. The lowest BCUT2D eigenvalue weighted by Gasteiger charge is -2.09. The average molecular weight is 230 g/mol. The Morgan fingerprint density at radius 1 is 1.35 bits per heavy atom. The summed E-state index contributed by atoms with van der Waals surface area (Å²) in [4.78, 5) is 0. The highest BCUT2D eigenvalue weighted by Gasteiger charge is 2.09. The highest BCUT2D eigenvalue weighted by atomic mass is 19.1. The molecular formula is C13H11FN2O. The first-order valence-corrected chi connectivity index (χ1v) is 5.13. The molecule has 3 nitrogen and oxygen atoms in total. The van der Waals surface area contributed by atoms with Crippen molar-refractivity contribution in [3.8, 4) is 11.8 Å². The van der Waals surface area contributed by atoms with Gasteiger partial charge in [0.15, 0.2) is 11.6 Å². The van der Waals surface area contributed by atoms with E-state index in [-0.39, 0.29) is 11.6 Å². The van der Waals surface area contributed by atoms with Gasteiger partial charge in [0.1, 0.15) is 11.8 Å². The fourth-order valence-electron chi connectivity index (χ4n) is 1.67. The lowest BCUT2D eigenvalue weighted by Crippen LogP contribution is -2.03. The zero-order chi connectivity index (χ0) is 12.3. The van der Waals surface area contributed by atoms with E-state index in [2.05, 4.69) is 6.07 Å². The predicted octanol–water partition coefficient (Wildman–Crippen LogP) is 2.56. The molecule has 0 aliphatic rings. The Bertz CT molecular complexity index is 569. The van der Waals surface area contributed by atoms with Crippen molar-refractivity contribution in [2.75, 3.05) is 7.11 Å². The van der Waals surface area contributed by atoms with Crippen molar-refractivity contribution in [3.63, 3.8) is 0 Å². The number of hydrogen-bond donors (Lipinski definition) is 0. The molecule has 0 amide bonds. The van der Waals surface area contributed by atoms with Crippen molar-refractivity contribution in [1.82, 2.24) is 4.57 Å². The Morgan fingerprint density at radius 2 is 2.18 bits per heavy atom. The van der Waals surface area contributed by atoms with Gasteiger partial charge in [-0.3, -0.25) is 0 Å². The van der Waals surface area contributed by atoms with Gasteiger partial charge in [-0.15, -0.1) is 0 Å². The minimum absolute atomic E-state index is 0.216. The van der Waals surface area contributed by atoms with E-state index >= 15 is 0 Å².